The maximum Gasteiger partial charge on any atom is 0.251 e. The van der Waals surface area contributed by atoms with Gasteiger partial charge in [-0.25, -0.2) is 4.99 Å². The van der Waals surface area contributed by atoms with E-state index < -0.39 is 0 Å². The molecule has 32 heavy (non-hydrogen) atoms. The highest BCUT2D eigenvalue weighted by Crippen LogP contribution is 2.10. The van der Waals surface area contributed by atoms with Crippen LogP contribution in [0.3, 0.4) is 0 Å². The number of morpholine rings is 1. The molecule has 1 amide bonds. The van der Waals surface area contributed by atoms with E-state index in [2.05, 4.69) is 41.6 Å². The zero-order chi connectivity index (χ0) is 22.9. The summed E-state index contributed by atoms with van der Waals surface area (Å²) in [6.45, 7) is 18.3. The quantitative estimate of drug-likeness (QED) is 0.259. The minimum atomic E-state index is -0.265. The van der Waals surface area contributed by atoms with Gasteiger partial charge in [-0.15, -0.1) is 24.0 Å². The van der Waals surface area contributed by atoms with Gasteiger partial charge in [0.05, 0.1) is 19.3 Å². The molecule has 1 aromatic rings. The number of halogens is 1. The third-order valence-electron chi connectivity index (χ3n) is 4.79. The molecule has 0 radical (unpaired) electrons. The number of ether oxygens (including phenoxy) is 1. The highest BCUT2D eigenvalue weighted by atomic mass is 127. The van der Waals surface area contributed by atoms with E-state index in [0.717, 1.165) is 44.3 Å². The minimum absolute atomic E-state index is 0. The molecule has 0 aliphatic carbocycles. The van der Waals surface area contributed by atoms with Crippen molar-refractivity contribution in [2.24, 2.45) is 10.9 Å². The van der Waals surface area contributed by atoms with E-state index in [0.29, 0.717) is 24.6 Å². The van der Waals surface area contributed by atoms with Crippen LogP contribution >= 0.6 is 24.0 Å². The number of amides is 1. The number of carbonyl (C=O) groups excluding carboxylic acids is 1. The summed E-state index contributed by atoms with van der Waals surface area (Å²) in [4.78, 5) is 19.6. The second-order valence-corrected chi connectivity index (χ2v) is 9.63. The summed E-state index contributed by atoms with van der Waals surface area (Å²) >= 11 is 0. The fourth-order valence-electron chi connectivity index (χ4n) is 3.53. The van der Waals surface area contributed by atoms with Crippen LogP contribution in [0.2, 0.25) is 0 Å². The fraction of sp³-hybridized carbons (Fsp3) is 0.667. The smallest absolute Gasteiger partial charge is 0.251 e. The van der Waals surface area contributed by atoms with Crippen molar-refractivity contribution in [2.45, 2.75) is 59.7 Å². The number of nitrogens with zero attached hydrogens (tertiary/aromatic N) is 2. The van der Waals surface area contributed by atoms with E-state index in [1.54, 1.807) is 0 Å². The summed E-state index contributed by atoms with van der Waals surface area (Å²) < 4.78 is 5.93. The molecule has 1 aliphatic heterocycles. The Kier molecular flexibility index (Phi) is 12.5. The highest BCUT2D eigenvalue weighted by molar-refractivity contribution is 14.0. The van der Waals surface area contributed by atoms with Crippen LogP contribution in [-0.2, 0) is 11.3 Å². The lowest BCUT2D eigenvalue weighted by Gasteiger charge is -2.34. The van der Waals surface area contributed by atoms with Gasteiger partial charge in [-0.1, -0.05) is 26.0 Å². The zero-order valence-electron chi connectivity index (χ0n) is 20.5. The van der Waals surface area contributed by atoms with Crippen LogP contribution < -0.4 is 16.0 Å². The number of guanidine groups is 1. The molecule has 0 bridgehead atoms. The van der Waals surface area contributed by atoms with Gasteiger partial charge in [-0.05, 0) is 51.3 Å². The van der Waals surface area contributed by atoms with Crippen molar-refractivity contribution in [3.8, 4) is 0 Å². The van der Waals surface area contributed by atoms with Gasteiger partial charge in [-0.3, -0.25) is 9.69 Å². The molecule has 1 atom stereocenters. The maximum absolute atomic E-state index is 12.4. The number of hydrogen-bond acceptors (Lipinski definition) is 4. The van der Waals surface area contributed by atoms with Crippen LogP contribution in [0.15, 0.2) is 29.3 Å². The molecule has 0 saturated carbocycles. The Morgan fingerprint density at radius 1 is 1.28 bits per heavy atom. The normalized spacial score (nSPS) is 17.6. The van der Waals surface area contributed by atoms with Gasteiger partial charge in [0.15, 0.2) is 5.96 Å². The van der Waals surface area contributed by atoms with E-state index in [9.17, 15) is 4.79 Å². The van der Waals surface area contributed by atoms with Crippen molar-refractivity contribution >= 4 is 35.8 Å². The van der Waals surface area contributed by atoms with Gasteiger partial charge in [0.1, 0.15) is 0 Å². The predicted molar refractivity (Wildman–Crippen MR) is 143 cm³/mol. The van der Waals surface area contributed by atoms with E-state index in [1.165, 1.54) is 0 Å². The highest BCUT2D eigenvalue weighted by Gasteiger charge is 2.21. The summed E-state index contributed by atoms with van der Waals surface area (Å²) in [5.41, 5.74) is 1.39. The Morgan fingerprint density at radius 3 is 2.69 bits per heavy atom. The summed E-state index contributed by atoms with van der Waals surface area (Å²) in [6, 6.07) is 7.64. The van der Waals surface area contributed by atoms with E-state index in [-0.39, 0.29) is 41.5 Å². The Balaban J connectivity index is 0.00000512. The van der Waals surface area contributed by atoms with Crippen LogP contribution in [0.1, 0.15) is 57.5 Å². The molecule has 0 spiro atoms. The lowest BCUT2D eigenvalue weighted by molar-refractivity contribution is -0.0284. The first-order valence-corrected chi connectivity index (χ1v) is 11.4. The Labute approximate surface area is 211 Å². The molecule has 2 rings (SSSR count). The second-order valence-electron chi connectivity index (χ2n) is 9.63. The number of carbonyl (C=O) groups is 1. The molecule has 8 heteroatoms. The third-order valence-corrected chi connectivity index (χ3v) is 4.79. The lowest BCUT2D eigenvalue weighted by atomic mass is 10.1. The van der Waals surface area contributed by atoms with Crippen LogP contribution in [0.5, 0.6) is 0 Å². The molecule has 1 aliphatic rings. The molecular weight excluding hydrogens is 517 g/mol. The van der Waals surface area contributed by atoms with Crippen LogP contribution in [0.25, 0.3) is 0 Å². The minimum Gasteiger partial charge on any atom is -0.374 e. The number of rotatable bonds is 8. The fourth-order valence-corrected chi connectivity index (χ4v) is 3.53. The first kappa shape index (κ1) is 28.6. The Bertz CT molecular complexity index is 733. The largest absolute Gasteiger partial charge is 0.374 e. The van der Waals surface area contributed by atoms with Crippen molar-refractivity contribution in [3.05, 3.63) is 35.4 Å². The third kappa shape index (κ3) is 11.0. The van der Waals surface area contributed by atoms with Gasteiger partial charge < -0.3 is 20.7 Å². The Morgan fingerprint density at radius 2 is 2.03 bits per heavy atom. The molecule has 1 fully saturated rings. The SMILES string of the molecule is CCNC(=NCc1cccc(C(=O)NC(C)(C)C)c1)NCC1CN(CC(C)C)CCO1.I. The van der Waals surface area contributed by atoms with Crippen LogP contribution in [0.4, 0.5) is 0 Å². The maximum atomic E-state index is 12.4. The molecule has 1 unspecified atom stereocenters. The van der Waals surface area contributed by atoms with Gasteiger partial charge in [0.2, 0.25) is 0 Å². The monoisotopic (exact) mass is 559 g/mol. The first-order chi connectivity index (χ1) is 14.7. The van der Waals surface area contributed by atoms with Crippen LogP contribution in [0, 0.1) is 5.92 Å². The van der Waals surface area contributed by atoms with Gasteiger partial charge >= 0.3 is 0 Å². The number of nitrogens with one attached hydrogen (secondary N) is 3. The summed E-state index contributed by atoms with van der Waals surface area (Å²) in [7, 11) is 0. The topological polar surface area (TPSA) is 78.0 Å². The summed E-state index contributed by atoms with van der Waals surface area (Å²) in [5.74, 6) is 1.35. The molecule has 1 heterocycles. The zero-order valence-corrected chi connectivity index (χ0v) is 22.9. The molecule has 0 aromatic heterocycles. The van der Waals surface area contributed by atoms with Gasteiger partial charge in [-0.2, -0.15) is 0 Å². The van der Waals surface area contributed by atoms with Crippen molar-refractivity contribution in [3.63, 3.8) is 0 Å². The van der Waals surface area contributed by atoms with Crippen molar-refractivity contribution < 1.29 is 9.53 Å². The van der Waals surface area contributed by atoms with Gasteiger partial charge in [0.25, 0.3) is 5.91 Å². The van der Waals surface area contributed by atoms with Gasteiger partial charge in [0, 0.05) is 43.8 Å². The summed E-state index contributed by atoms with van der Waals surface area (Å²) in [5, 5.41) is 9.71. The van der Waals surface area contributed by atoms with Crippen molar-refractivity contribution in [1.29, 1.82) is 0 Å². The molecule has 1 aromatic carbocycles. The molecule has 7 nitrogen and oxygen atoms in total. The average Bonchev–Trinajstić information content (AvgIpc) is 2.69. The van der Waals surface area contributed by atoms with E-state index in [4.69, 9.17) is 9.73 Å². The number of benzene rings is 1. The first-order valence-electron chi connectivity index (χ1n) is 11.4. The van der Waals surface area contributed by atoms with E-state index in [1.807, 2.05) is 45.0 Å². The standard InChI is InChI=1S/C24H41N5O2.HI/c1-7-25-23(27-15-21-17-29(11-12-31-21)16-18(2)3)26-14-19-9-8-10-20(13-19)22(30)28-24(4,5)6;/h8-10,13,18,21H,7,11-12,14-17H2,1-6H3,(H,28,30)(H2,25,26,27);1H. The molecular formula is C24H42IN5O2. The molecule has 1 saturated heterocycles. The lowest BCUT2D eigenvalue weighted by Crippen LogP contribution is -2.50. The van der Waals surface area contributed by atoms with Crippen LogP contribution in [-0.4, -0.2) is 67.7 Å². The van der Waals surface area contributed by atoms with Crippen molar-refractivity contribution in [2.75, 3.05) is 39.3 Å². The van der Waals surface area contributed by atoms with E-state index >= 15 is 0 Å². The number of hydrogen-bond donors (Lipinski definition) is 3. The Hall–Kier alpha value is -1.39. The number of aliphatic imine (C=N–C) groups is 1. The second kappa shape index (κ2) is 14.0. The molecule has 3 N–H and O–H groups in total. The van der Waals surface area contributed by atoms with Crippen molar-refractivity contribution in [1.82, 2.24) is 20.9 Å². The predicted octanol–water partition coefficient (Wildman–Crippen LogP) is 3.24. The molecule has 182 valence electrons. The average molecular weight is 560 g/mol. The summed E-state index contributed by atoms with van der Waals surface area (Å²) in [6.07, 6.45) is 0.153.